The topological polar surface area (TPSA) is 130 Å². The van der Waals surface area contributed by atoms with Gasteiger partial charge in [-0.2, -0.15) is 0 Å². The Bertz CT molecular complexity index is 1670. The molecule has 41 heavy (non-hydrogen) atoms. The van der Waals surface area contributed by atoms with Gasteiger partial charge in [0.2, 0.25) is 11.8 Å². The van der Waals surface area contributed by atoms with Gasteiger partial charge >= 0.3 is 0 Å². The molecule has 5 atom stereocenters. The summed E-state index contributed by atoms with van der Waals surface area (Å²) in [4.78, 5) is 50.5. The summed E-state index contributed by atoms with van der Waals surface area (Å²) in [6, 6.07) is 5.42. The fourth-order valence-electron chi connectivity index (χ4n) is 5.52. The lowest BCUT2D eigenvalue weighted by molar-refractivity contribution is -0.120. The number of carbonyl (C=O) groups is 2. The van der Waals surface area contributed by atoms with Gasteiger partial charge in [-0.15, -0.1) is 0 Å². The fourth-order valence-corrected chi connectivity index (χ4v) is 5.52. The first-order valence-corrected chi connectivity index (χ1v) is 14.1. The van der Waals surface area contributed by atoms with Crippen molar-refractivity contribution in [2.75, 3.05) is 22.1 Å². The third-order valence-electron chi connectivity index (χ3n) is 8.13. The number of anilines is 3. The predicted molar refractivity (Wildman–Crippen MR) is 156 cm³/mol. The molecule has 4 aromatic heterocycles. The third kappa shape index (κ3) is 5.23. The second kappa shape index (κ2) is 10.2. The summed E-state index contributed by atoms with van der Waals surface area (Å²) in [5, 5.41) is 6.35. The number of carbonyl (C=O) groups excluding carboxylic acids is 2. The van der Waals surface area contributed by atoms with E-state index in [2.05, 4.69) is 37.5 Å². The first kappa shape index (κ1) is 26.8. The number of amides is 2. The van der Waals surface area contributed by atoms with E-state index < -0.39 is 0 Å². The van der Waals surface area contributed by atoms with E-state index in [-0.39, 0.29) is 41.5 Å². The monoisotopic (exact) mass is 553 g/mol. The molecule has 2 N–H and O–H groups in total. The molecular formula is C30H35N9O2. The van der Waals surface area contributed by atoms with Gasteiger partial charge in [-0.3, -0.25) is 9.59 Å². The van der Waals surface area contributed by atoms with E-state index in [9.17, 15) is 9.59 Å². The van der Waals surface area contributed by atoms with Crippen molar-refractivity contribution in [1.29, 1.82) is 0 Å². The molecule has 2 unspecified atom stereocenters. The molecule has 0 radical (unpaired) electrons. The van der Waals surface area contributed by atoms with Crippen LogP contribution in [0.2, 0.25) is 0 Å². The first-order chi connectivity index (χ1) is 19.6. The van der Waals surface area contributed by atoms with Crippen molar-refractivity contribution >= 4 is 34.8 Å². The molecule has 1 aliphatic carbocycles. The Kier molecular flexibility index (Phi) is 6.67. The minimum atomic E-state index is -0.195. The van der Waals surface area contributed by atoms with Gasteiger partial charge in [-0.05, 0) is 57.7 Å². The largest absolute Gasteiger partial charge is 0.362 e. The Morgan fingerprint density at radius 1 is 1.05 bits per heavy atom. The molecule has 0 bridgehead atoms. The molecule has 5 heterocycles. The molecule has 11 nitrogen and oxygen atoms in total. The lowest BCUT2D eigenvalue weighted by atomic mass is 10.0. The average Bonchev–Trinajstić information content (AvgIpc) is 3.55. The van der Waals surface area contributed by atoms with Gasteiger partial charge in [0.05, 0.1) is 17.4 Å². The second-order valence-corrected chi connectivity index (χ2v) is 11.6. The van der Waals surface area contributed by atoms with Crippen LogP contribution in [0.1, 0.15) is 67.8 Å². The van der Waals surface area contributed by atoms with Crippen LogP contribution in [0.5, 0.6) is 0 Å². The quantitative estimate of drug-likeness (QED) is 0.345. The molecule has 11 heteroatoms. The zero-order chi connectivity index (χ0) is 29.0. The molecule has 2 amide bonds. The molecule has 1 saturated carbocycles. The van der Waals surface area contributed by atoms with Gasteiger partial charge in [0.1, 0.15) is 23.3 Å². The summed E-state index contributed by atoms with van der Waals surface area (Å²) in [5.41, 5.74) is 4.34. The maximum atomic E-state index is 13.0. The molecular weight excluding hydrogens is 518 g/mol. The Hall–Kier alpha value is -4.41. The Morgan fingerprint density at radius 2 is 1.83 bits per heavy atom. The standard InChI is InChI=1S/C30H35N9O2/c1-15-9-24(39-13-16(2)18(4)30(39)41)28-36-23(14-38(28)12-15)19(5)33-25-11-26(35-20(6)34-25)37-29(40)22-10-21(22)27-31-8-7-17(3)32-27/h7-9,11-12,14,16,18-19,21-22H,10,13H2,1-6H3,(H2,33,34,35,37,40)/t16?,18?,19-,21+,22+/m1/s1. The van der Waals surface area contributed by atoms with Crippen LogP contribution < -0.4 is 15.5 Å². The van der Waals surface area contributed by atoms with Crippen molar-refractivity contribution in [2.45, 2.75) is 59.9 Å². The number of aryl methyl sites for hydroxylation is 3. The Morgan fingerprint density at radius 3 is 2.56 bits per heavy atom. The molecule has 0 spiro atoms. The number of hydrogen-bond acceptors (Lipinski definition) is 8. The number of pyridine rings is 1. The minimum absolute atomic E-state index is 0.0112. The van der Waals surface area contributed by atoms with E-state index in [1.807, 2.05) is 61.5 Å². The molecule has 2 aliphatic rings. The van der Waals surface area contributed by atoms with E-state index in [4.69, 9.17) is 4.98 Å². The summed E-state index contributed by atoms with van der Waals surface area (Å²) in [5.74, 6) is 2.44. The normalized spacial score (nSPS) is 22.7. The molecule has 212 valence electrons. The summed E-state index contributed by atoms with van der Waals surface area (Å²) in [6.07, 6.45) is 6.45. The highest BCUT2D eigenvalue weighted by Gasteiger charge is 2.46. The number of fused-ring (bicyclic) bond motifs is 1. The third-order valence-corrected chi connectivity index (χ3v) is 8.13. The summed E-state index contributed by atoms with van der Waals surface area (Å²) < 4.78 is 1.99. The van der Waals surface area contributed by atoms with E-state index >= 15 is 0 Å². The van der Waals surface area contributed by atoms with Gasteiger partial charge in [0, 0.05) is 54.6 Å². The lowest BCUT2D eigenvalue weighted by Crippen LogP contribution is -2.26. The van der Waals surface area contributed by atoms with Crippen molar-refractivity contribution < 1.29 is 9.59 Å². The molecule has 6 rings (SSSR count). The van der Waals surface area contributed by atoms with Crippen molar-refractivity contribution in [3.05, 3.63) is 65.4 Å². The smallest absolute Gasteiger partial charge is 0.230 e. The number of nitrogens with one attached hydrogen (secondary N) is 2. The van der Waals surface area contributed by atoms with Crippen LogP contribution in [0.25, 0.3) is 5.65 Å². The van der Waals surface area contributed by atoms with Crippen LogP contribution in [0.3, 0.4) is 0 Å². The van der Waals surface area contributed by atoms with Crippen LogP contribution in [0.4, 0.5) is 17.3 Å². The maximum absolute atomic E-state index is 13.0. The van der Waals surface area contributed by atoms with Gasteiger partial charge in [-0.25, -0.2) is 24.9 Å². The maximum Gasteiger partial charge on any atom is 0.230 e. The molecule has 2 fully saturated rings. The number of aromatic nitrogens is 6. The van der Waals surface area contributed by atoms with E-state index in [0.29, 0.717) is 29.8 Å². The molecule has 0 aromatic carbocycles. The van der Waals surface area contributed by atoms with Gasteiger partial charge in [0.25, 0.3) is 0 Å². The van der Waals surface area contributed by atoms with Crippen LogP contribution in [-0.2, 0) is 9.59 Å². The predicted octanol–water partition coefficient (Wildman–Crippen LogP) is 4.37. The summed E-state index contributed by atoms with van der Waals surface area (Å²) in [7, 11) is 0. The lowest BCUT2D eigenvalue weighted by Gasteiger charge is -2.18. The zero-order valence-electron chi connectivity index (χ0n) is 24.2. The Labute approximate surface area is 238 Å². The van der Waals surface area contributed by atoms with Crippen LogP contribution >= 0.6 is 0 Å². The Balaban J connectivity index is 1.18. The van der Waals surface area contributed by atoms with Crippen LogP contribution in [0.15, 0.2) is 36.8 Å². The van der Waals surface area contributed by atoms with Crippen molar-refractivity contribution in [1.82, 2.24) is 29.3 Å². The number of hydrogen-bond donors (Lipinski definition) is 2. The highest BCUT2D eigenvalue weighted by atomic mass is 16.2. The number of imidazole rings is 1. The number of rotatable bonds is 7. The molecule has 4 aromatic rings. The van der Waals surface area contributed by atoms with E-state index in [1.54, 1.807) is 19.2 Å². The summed E-state index contributed by atoms with van der Waals surface area (Å²) >= 11 is 0. The summed E-state index contributed by atoms with van der Waals surface area (Å²) in [6.45, 7) is 12.5. The van der Waals surface area contributed by atoms with Crippen molar-refractivity contribution in [3.8, 4) is 0 Å². The van der Waals surface area contributed by atoms with Gasteiger partial charge < -0.3 is 19.9 Å². The molecule has 1 aliphatic heterocycles. The highest BCUT2D eigenvalue weighted by molar-refractivity contribution is 6.00. The first-order valence-electron chi connectivity index (χ1n) is 14.1. The van der Waals surface area contributed by atoms with Crippen LogP contribution in [0, 0.1) is 38.5 Å². The fraction of sp³-hybridized carbons (Fsp3) is 0.433. The van der Waals surface area contributed by atoms with Crippen LogP contribution in [-0.4, -0.2) is 47.7 Å². The number of nitrogens with zero attached hydrogens (tertiary/aromatic N) is 7. The SMILES string of the molecule is Cc1cc(N2CC(C)C(C)C2=O)c2nc([C@@H](C)Nc3cc(NC(=O)[C@H]4C[C@@H]4c4nccc(C)n4)nc(C)n3)cn2c1. The zero-order valence-corrected chi connectivity index (χ0v) is 24.2. The highest BCUT2D eigenvalue weighted by Crippen LogP contribution is 2.46. The van der Waals surface area contributed by atoms with Gasteiger partial charge in [0.15, 0.2) is 5.65 Å². The van der Waals surface area contributed by atoms with Gasteiger partial charge in [-0.1, -0.05) is 13.8 Å². The average molecular weight is 554 g/mol. The minimum Gasteiger partial charge on any atom is -0.362 e. The second-order valence-electron chi connectivity index (χ2n) is 11.6. The van der Waals surface area contributed by atoms with E-state index in [0.717, 1.165) is 34.7 Å². The van der Waals surface area contributed by atoms with E-state index in [1.165, 1.54) is 0 Å². The van der Waals surface area contributed by atoms with Crippen molar-refractivity contribution in [3.63, 3.8) is 0 Å². The molecule has 1 saturated heterocycles. The van der Waals surface area contributed by atoms with Crippen molar-refractivity contribution in [2.24, 2.45) is 17.8 Å².